The molecule has 6 nitrogen and oxygen atoms in total. The third-order valence-electron chi connectivity index (χ3n) is 4.85. The summed E-state index contributed by atoms with van der Waals surface area (Å²) in [7, 11) is 0. The molecule has 1 aromatic heterocycles. The topological polar surface area (TPSA) is 82.3 Å². The highest BCUT2D eigenvalue weighted by atomic mass is 16.6. The van der Waals surface area contributed by atoms with Crippen LogP contribution in [0.15, 0.2) is 36.5 Å². The fourth-order valence-corrected chi connectivity index (χ4v) is 3.52. The molecule has 1 saturated carbocycles. The first-order valence-electron chi connectivity index (χ1n) is 7.54. The molecule has 0 atom stereocenters. The quantitative estimate of drug-likeness (QED) is 0.641. The van der Waals surface area contributed by atoms with Gasteiger partial charge in [-0.1, -0.05) is 12.5 Å². The molecule has 0 aliphatic heterocycles. The number of pyridine rings is 1. The number of ketones is 1. The fourth-order valence-electron chi connectivity index (χ4n) is 3.52. The van der Waals surface area contributed by atoms with Crippen LogP contribution in [0.25, 0.3) is 0 Å². The zero-order chi connectivity index (χ0) is 16.0. The minimum absolute atomic E-state index is 0.0457. The van der Waals surface area contributed by atoms with Crippen LogP contribution in [-0.4, -0.2) is 15.7 Å². The summed E-state index contributed by atoms with van der Waals surface area (Å²) in [5.41, 5.74) is 0.972. The number of carbonyl (C=O) groups is 1. The highest BCUT2D eigenvalue weighted by Crippen LogP contribution is 2.53. The van der Waals surface area contributed by atoms with Gasteiger partial charge in [-0.05, 0) is 24.5 Å². The predicted molar refractivity (Wildman–Crippen MR) is 81.6 cm³/mol. The molecular formula is C17H14N2O4. The van der Waals surface area contributed by atoms with E-state index in [1.54, 1.807) is 30.5 Å². The maximum absolute atomic E-state index is 12.5. The number of non-ortho nitro benzene ring substituents is 1. The summed E-state index contributed by atoms with van der Waals surface area (Å²) in [4.78, 5) is 27.4. The van der Waals surface area contributed by atoms with E-state index in [0.29, 0.717) is 11.6 Å². The van der Waals surface area contributed by atoms with Crippen LogP contribution in [0.4, 0.5) is 5.69 Å². The standard InChI is InChI=1S/C17H14N2O4/c20-15-10-12-13(17(15)5-3-6-17)8-11(19(21)22)9-14(12)23-16-4-1-2-7-18-16/h1-2,4,7-9H,3,5-6,10H2. The summed E-state index contributed by atoms with van der Waals surface area (Å²) >= 11 is 0. The molecule has 2 aliphatic carbocycles. The highest BCUT2D eigenvalue weighted by Gasteiger charge is 2.52. The number of rotatable bonds is 3. The maximum Gasteiger partial charge on any atom is 0.273 e. The fraction of sp³-hybridized carbons (Fsp3) is 0.294. The Labute approximate surface area is 132 Å². The molecule has 0 radical (unpaired) electrons. The smallest absolute Gasteiger partial charge is 0.273 e. The molecule has 0 saturated heterocycles. The molecule has 1 fully saturated rings. The second-order valence-corrected chi connectivity index (χ2v) is 6.03. The first kappa shape index (κ1) is 13.9. The maximum atomic E-state index is 12.5. The molecule has 0 unspecified atom stereocenters. The van der Waals surface area contributed by atoms with E-state index in [1.165, 1.54) is 6.07 Å². The van der Waals surface area contributed by atoms with E-state index in [1.807, 2.05) is 0 Å². The number of ether oxygens (including phenoxy) is 1. The molecular weight excluding hydrogens is 296 g/mol. The molecule has 23 heavy (non-hydrogen) atoms. The Balaban J connectivity index is 1.85. The molecule has 0 amide bonds. The molecule has 6 heteroatoms. The SMILES string of the molecule is O=C1Cc2c(Oc3ccccn3)cc([N+](=O)[O-])cc2C12CCC2. The lowest BCUT2D eigenvalue weighted by atomic mass is 9.64. The number of benzene rings is 1. The summed E-state index contributed by atoms with van der Waals surface area (Å²) in [6.07, 6.45) is 4.37. The van der Waals surface area contributed by atoms with Gasteiger partial charge in [0.25, 0.3) is 5.69 Å². The Morgan fingerprint density at radius 2 is 2.09 bits per heavy atom. The van der Waals surface area contributed by atoms with Crippen molar-refractivity contribution in [3.63, 3.8) is 0 Å². The zero-order valence-electron chi connectivity index (χ0n) is 12.3. The summed E-state index contributed by atoms with van der Waals surface area (Å²) in [6, 6.07) is 8.15. The number of nitrogens with zero attached hydrogens (tertiary/aromatic N) is 2. The predicted octanol–water partition coefficient (Wildman–Crippen LogP) is 3.33. The van der Waals surface area contributed by atoms with Crippen LogP contribution in [-0.2, 0) is 16.6 Å². The van der Waals surface area contributed by atoms with Crippen LogP contribution < -0.4 is 4.74 Å². The van der Waals surface area contributed by atoms with Gasteiger partial charge < -0.3 is 4.74 Å². The van der Waals surface area contributed by atoms with Crippen molar-refractivity contribution in [2.45, 2.75) is 31.1 Å². The minimum Gasteiger partial charge on any atom is -0.438 e. The van der Waals surface area contributed by atoms with Crippen LogP contribution in [0.2, 0.25) is 0 Å². The van der Waals surface area contributed by atoms with Crippen molar-refractivity contribution in [2.75, 3.05) is 0 Å². The van der Waals surface area contributed by atoms with Gasteiger partial charge in [0.2, 0.25) is 5.88 Å². The van der Waals surface area contributed by atoms with Gasteiger partial charge in [-0.25, -0.2) is 4.98 Å². The van der Waals surface area contributed by atoms with Gasteiger partial charge in [0.05, 0.1) is 16.4 Å². The number of carbonyl (C=O) groups excluding carboxylic acids is 1. The summed E-state index contributed by atoms with van der Waals surface area (Å²) in [5, 5.41) is 11.3. The molecule has 4 rings (SSSR count). The van der Waals surface area contributed by atoms with E-state index in [2.05, 4.69) is 4.98 Å². The molecule has 1 heterocycles. The molecule has 2 aliphatic rings. The molecule has 116 valence electrons. The van der Waals surface area contributed by atoms with E-state index in [0.717, 1.165) is 30.4 Å². The van der Waals surface area contributed by atoms with Gasteiger partial charge in [-0.2, -0.15) is 0 Å². The Bertz CT molecular complexity index is 813. The average molecular weight is 310 g/mol. The monoisotopic (exact) mass is 310 g/mol. The second-order valence-electron chi connectivity index (χ2n) is 6.03. The lowest BCUT2D eigenvalue weighted by Crippen LogP contribution is -2.39. The van der Waals surface area contributed by atoms with Crippen LogP contribution >= 0.6 is 0 Å². The van der Waals surface area contributed by atoms with E-state index in [9.17, 15) is 14.9 Å². The first-order chi connectivity index (χ1) is 11.1. The van der Waals surface area contributed by atoms with E-state index in [4.69, 9.17) is 4.74 Å². The summed E-state index contributed by atoms with van der Waals surface area (Å²) in [6.45, 7) is 0. The third kappa shape index (κ3) is 2.02. The van der Waals surface area contributed by atoms with Crippen LogP contribution in [0, 0.1) is 10.1 Å². The number of nitro groups is 1. The van der Waals surface area contributed by atoms with Gasteiger partial charge >= 0.3 is 0 Å². The van der Waals surface area contributed by atoms with Crippen molar-refractivity contribution in [1.29, 1.82) is 0 Å². The van der Waals surface area contributed by atoms with E-state index >= 15 is 0 Å². The normalized spacial score (nSPS) is 17.7. The number of nitro benzene ring substituents is 1. The van der Waals surface area contributed by atoms with Crippen LogP contribution in [0.5, 0.6) is 11.6 Å². The molecule has 1 spiro atoms. The number of hydrogen-bond acceptors (Lipinski definition) is 5. The number of hydrogen-bond donors (Lipinski definition) is 0. The van der Waals surface area contributed by atoms with Crippen molar-refractivity contribution in [2.24, 2.45) is 0 Å². The van der Waals surface area contributed by atoms with Gasteiger partial charge in [-0.15, -0.1) is 0 Å². The van der Waals surface area contributed by atoms with Gasteiger partial charge in [-0.3, -0.25) is 14.9 Å². The Morgan fingerprint density at radius 1 is 1.26 bits per heavy atom. The van der Waals surface area contributed by atoms with Crippen molar-refractivity contribution in [1.82, 2.24) is 4.98 Å². The summed E-state index contributed by atoms with van der Waals surface area (Å²) in [5.74, 6) is 0.868. The summed E-state index contributed by atoms with van der Waals surface area (Å²) < 4.78 is 5.75. The largest absolute Gasteiger partial charge is 0.438 e. The van der Waals surface area contributed by atoms with Crippen LogP contribution in [0.1, 0.15) is 30.4 Å². The number of fused-ring (bicyclic) bond motifs is 2. The van der Waals surface area contributed by atoms with Gasteiger partial charge in [0.1, 0.15) is 11.5 Å². The lowest BCUT2D eigenvalue weighted by Gasteiger charge is -2.37. The number of Topliss-reactive ketones (excluding diaryl/α,β-unsaturated/α-hetero) is 1. The zero-order valence-corrected chi connectivity index (χ0v) is 12.3. The van der Waals surface area contributed by atoms with E-state index < -0.39 is 10.3 Å². The number of aromatic nitrogens is 1. The Hall–Kier alpha value is -2.76. The van der Waals surface area contributed by atoms with E-state index in [-0.39, 0.29) is 17.9 Å². The van der Waals surface area contributed by atoms with Gasteiger partial charge in [0.15, 0.2) is 0 Å². The molecule has 2 aromatic rings. The lowest BCUT2D eigenvalue weighted by molar-refractivity contribution is -0.385. The molecule has 0 bridgehead atoms. The van der Waals surface area contributed by atoms with Crippen LogP contribution in [0.3, 0.4) is 0 Å². The second kappa shape index (κ2) is 4.87. The Morgan fingerprint density at radius 3 is 2.70 bits per heavy atom. The first-order valence-corrected chi connectivity index (χ1v) is 7.54. The highest BCUT2D eigenvalue weighted by molar-refractivity contribution is 5.98. The van der Waals surface area contributed by atoms with Gasteiger partial charge in [0, 0.05) is 30.3 Å². The average Bonchev–Trinajstić information content (AvgIpc) is 2.80. The van der Waals surface area contributed by atoms with Crippen molar-refractivity contribution in [3.8, 4) is 11.6 Å². The van der Waals surface area contributed by atoms with Crippen molar-refractivity contribution in [3.05, 3.63) is 57.8 Å². The third-order valence-corrected chi connectivity index (χ3v) is 4.85. The molecule has 1 aromatic carbocycles. The Kier molecular flexibility index (Phi) is 2.94. The minimum atomic E-state index is -0.524. The van der Waals surface area contributed by atoms with Crippen molar-refractivity contribution < 1.29 is 14.5 Å². The van der Waals surface area contributed by atoms with Crippen molar-refractivity contribution >= 4 is 11.5 Å². The molecule has 0 N–H and O–H groups in total.